The van der Waals surface area contributed by atoms with Crippen LogP contribution in [0.1, 0.15) is 28.7 Å². The van der Waals surface area contributed by atoms with E-state index < -0.39 is 23.5 Å². The summed E-state index contributed by atoms with van der Waals surface area (Å²) >= 11 is 0. The number of aliphatic hydroxyl groups is 1. The Morgan fingerprint density at radius 1 is 0.882 bits per heavy atom. The third-order valence-electron chi connectivity index (χ3n) is 5.00. The highest BCUT2D eigenvalue weighted by molar-refractivity contribution is 5.72. The van der Waals surface area contributed by atoms with Crippen LogP contribution in [0.25, 0.3) is 0 Å². The number of hydrogen-bond donors (Lipinski definition) is 1. The number of methoxy groups -OCH3 is 1. The number of alkyl halides is 6. The quantitative estimate of drug-likeness (QED) is 0.296. The van der Waals surface area contributed by atoms with Crippen molar-refractivity contribution >= 4 is 5.97 Å². The van der Waals surface area contributed by atoms with Crippen molar-refractivity contribution in [1.29, 1.82) is 0 Å². The van der Waals surface area contributed by atoms with Crippen molar-refractivity contribution in [3.63, 3.8) is 0 Å². The third-order valence-corrected chi connectivity index (χ3v) is 5.00. The van der Waals surface area contributed by atoms with Crippen molar-refractivity contribution < 1.29 is 50.5 Å². The lowest BCUT2D eigenvalue weighted by Crippen LogP contribution is -2.54. The number of benzene rings is 2. The average molecular weight is 494 g/mol. The molecular formula is C23H24F6O5. The van der Waals surface area contributed by atoms with Gasteiger partial charge >= 0.3 is 18.3 Å². The van der Waals surface area contributed by atoms with Gasteiger partial charge in [0.15, 0.2) is 0 Å². The minimum atomic E-state index is -5.96. The molecule has 0 saturated carbocycles. The number of carbonyl (C=O) groups excluding carboxylic acids is 1. The summed E-state index contributed by atoms with van der Waals surface area (Å²) in [7, 11) is 1.30. The Kier molecular flexibility index (Phi) is 8.46. The van der Waals surface area contributed by atoms with Crippen LogP contribution in [0, 0.1) is 13.8 Å². The zero-order valence-electron chi connectivity index (χ0n) is 18.6. The predicted molar refractivity (Wildman–Crippen MR) is 110 cm³/mol. The molecule has 34 heavy (non-hydrogen) atoms. The fourth-order valence-electron chi connectivity index (χ4n) is 3.24. The summed E-state index contributed by atoms with van der Waals surface area (Å²) < 4.78 is 94.5. The Labute approximate surface area is 192 Å². The van der Waals surface area contributed by atoms with E-state index in [9.17, 15) is 36.2 Å². The number of aryl methyl sites for hydroxylation is 2. The summed E-state index contributed by atoms with van der Waals surface area (Å²) in [5.41, 5.74) is -5.53. The molecule has 2 aromatic rings. The van der Waals surface area contributed by atoms with Crippen LogP contribution in [0.15, 0.2) is 36.4 Å². The summed E-state index contributed by atoms with van der Waals surface area (Å²) in [6.07, 6.45) is -11.4. The lowest BCUT2D eigenvalue weighted by atomic mass is 9.89. The summed E-state index contributed by atoms with van der Waals surface area (Å²) in [5, 5.41) is 9.59. The predicted octanol–water partition coefficient (Wildman–Crippen LogP) is 5.18. The molecule has 2 aromatic carbocycles. The molecule has 0 aliphatic rings. The maximum atomic E-state index is 13.1. The second-order valence-electron chi connectivity index (χ2n) is 7.59. The van der Waals surface area contributed by atoms with Gasteiger partial charge in [-0.05, 0) is 54.8 Å². The number of halogens is 6. The molecule has 0 spiro atoms. The first-order valence-electron chi connectivity index (χ1n) is 10.1. The van der Waals surface area contributed by atoms with Gasteiger partial charge in [0.05, 0.1) is 26.7 Å². The molecular weight excluding hydrogens is 470 g/mol. The van der Waals surface area contributed by atoms with Crippen LogP contribution >= 0.6 is 0 Å². The van der Waals surface area contributed by atoms with Crippen molar-refractivity contribution in [3.8, 4) is 11.5 Å². The first-order chi connectivity index (χ1) is 15.7. The Balaban J connectivity index is 1.98. The molecule has 0 heterocycles. The molecule has 0 fully saturated rings. The smallest absolute Gasteiger partial charge is 0.430 e. The van der Waals surface area contributed by atoms with Gasteiger partial charge in [-0.25, -0.2) is 0 Å². The molecule has 0 saturated heterocycles. The first-order valence-corrected chi connectivity index (χ1v) is 10.1. The van der Waals surface area contributed by atoms with Gasteiger partial charge in [0.25, 0.3) is 5.60 Å². The molecule has 0 aromatic heterocycles. The standard InChI is InChI=1S/C23H24F6O5/c1-14-11-17(21(31,22(24,25)26)23(27,28)29)12-15(2)20(14)34-10-4-9-33-18-7-5-16(6-8-18)13-19(30)32-3/h5-8,11-12,31H,4,9-10,13H2,1-3H3. The highest BCUT2D eigenvalue weighted by Gasteiger charge is 2.71. The molecule has 0 aliphatic carbocycles. The number of carbonyl (C=O) groups is 1. The highest BCUT2D eigenvalue weighted by Crippen LogP contribution is 2.50. The summed E-state index contributed by atoms with van der Waals surface area (Å²) in [6.45, 7) is 2.91. The van der Waals surface area contributed by atoms with Gasteiger partial charge in [0.2, 0.25) is 0 Å². The molecule has 0 bridgehead atoms. The van der Waals surface area contributed by atoms with Gasteiger partial charge < -0.3 is 19.3 Å². The Morgan fingerprint density at radius 2 is 1.38 bits per heavy atom. The maximum absolute atomic E-state index is 13.1. The topological polar surface area (TPSA) is 65.0 Å². The van der Waals surface area contributed by atoms with Gasteiger partial charge in [-0.15, -0.1) is 0 Å². The van der Waals surface area contributed by atoms with Crippen LogP contribution in [-0.2, 0) is 21.6 Å². The van der Waals surface area contributed by atoms with Gasteiger partial charge in [0, 0.05) is 12.0 Å². The van der Waals surface area contributed by atoms with Crippen LogP contribution in [0.2, 0.25) is 0 Å². The Hall–Kier alpha value is -2.95. The average Bonchev–Trinajstić information content (AvgIpc) is 2.73. The first kappa shape index (κ1) is 27.3. The zero-order valence-corrected chi connectivity index (χ0v) is 18.6. The monoisotopic (exact) mass is 494 g/mol. The van der Waals surface area contributed by atoms with Crippen molar-refractivity contribution in [2.75, 3.05) is 20.3 Å². The van der Waals surface area contributed by atoms with Crippen LogP contribution in [0.3, 0.4) is 0 Å². The van der Waals surface area contributed by atoms with E-state index in [2.05, 4.69) is 4.74 Å². The molecule has 0 aliphatic heterocycles. The molecule has 11 heteroatoms. The largest absolute Gasteiger partial charge is 0.493 e. The number of hydrogen-bond acceptors (Lipinski definition) is 5. The third kappa shape index (κ3) is 6.13. The van der Waals surface area contributed by atoms with E-state index in [1.165, 1.54) is 21.0 Å². The van der Waals surface area contributed by atoms with E-state index in [1.54, 1.807) is 24.3 Å². The fraction of sp³-hybridized carbons (Fsp3) is 0.435. The van der Waals surface area contributed by atoms with Gasteiger partial charge in [0.1, 0.15) is 11.5 Å². The number of rotatable bonds is 9. The van der Waals surface area contributed by atoms with E-state index in [4.69, 9.17) is 9.47 Å². The van der Waals surface area contributed by atoms with Crippen molar-refractivity contribution in [1.82, 2.24) is 0 Å². The van der Waals surface area contributed by atoms with E-state index in [-0.39, 0.29) is 42.5 Å². The normalized spacial score (nSPS) is 12.4. The molecule has 0 radical (unpaired) electrons. The van der Waals surface area contributed by atoms with Crippen LogP contribution < -0.4 is 9.47 Å². The number of esters is 1. The molecule has 5 nitrogen and oxygen atoms in total. The van der Waals surface area contributed by atoms with Crippen molar-refractivity contribution in [2.24, 2.45) is 0 Å². The van der Waals surface area contributed by atoms with Gasteiger partial charge in [-0.1, -0.05) is 12.1 Å². The Morgan fingerprint density at radius 3 is 1.85 bits per heavy atom. The van der Waals surface area contributed by atoms with Gasteiger partial charge in [-0.2, -0.15) is 26.3 Å². The van der Waals surface area contributed by atoms with Crippen molar-refractivity contribution in [2.45, 2.75) is 44.6 Å². The minimum absolute atomic E-state index is 0.0176. The number of ether oxygens (including phenoxy) is 3. The Bertz CT molecular complexity index is 946. The van der Waals surface area contributed by atoms with Gasteiger partial charge in [-0.3, -0.25) is 4.79 Å². The van der Waals surface area contributed by atoms with E-state index in [0.29, 0.717) is 24.3 Å². The lowest BCUT2D eigenvalue weighted by Gasteiger charge is -2.33. The van der Waals surface area contributed by atoms with E-state index in [0.717, 1.165) is 5.56 Å². The molecule has 2 rings (SSSR count). The van der Waals surface area contributed by atoms with Crippen LogP contribution in [0.5, 0.6) is 11.5 Å². The second-order valence-corrected chi connectivity index (χ2v) is 7.59. The van der Waals surface area contributed by atoms with Crippen molar-refractivity contribution in [3.05, 3.63) is 58.7 Å². The molecule has 0 unspecified atom stereocenters. The maximum Gasteiger partial charge on any atom is 0.430 e. The van der Waals surface area contributed by atoms with E-state index in [1.807, 2.05) is 0 Å². The SMILES string of the molecule is COC(=O)Cc1ccc(OCCCOc2c(C)cc(C(O)(C(F)(F)F)C(F)(F)F)cc2C)cc1. The summed E-state index contributed by atoms with van der Waals surface area (Å²) in [4.78, 5) is 11.3. The molecule has 1 N–H and O–H groups in total. The zero-order chi connectivity index (χ0) is 25.7. The lowest BCUT2D eigenvalue weighted by molar-refractivity contribution is -0.376. The second kappa shape index (κ2) is 10.5. The fourth-order valence-corrected chi connectivity index (χ4v) is 3.24. The van der Waals surface area contributed by atoms with Crippen LogP contribution in [0.4, 0.5) is 26.3 Å². The summed E-state index contributed by atoms with van der Waals surface area (Å²) in [5.74, 6) is 0.303. The molecule has 0 atom stereocenters. The highest BCUT2D eigenvalue weighted by atomic mass is 19.4. The van der Waals surface area contributed by atoms with Crippen LogP contribution in [-0.4, -0.2) is 43.8 Å². The minimum Gasteiger partial charge on any atom is -0.493 e. The summed E-state index contributed by atoms with van der Waals surface area (Å²) in [6, 6.07) is 8.01. The van der Waals surface area contributed by atoms with E-state index >= 15 is 0 Å². The molecule has 0 amide bonds. The molecule has 188 valence electrons.